The van der Waals surface area contributed by atoms with E-state index in [9.17, 15) is 0 Å². The SMILES string of the molecule is Cc1ccc(C)c(-c2ccc(C3=C/C=C\C(C)C(C)/C=C\3)cc2)c1. The van der Waals surface area contributed by atoms with Gasteiger partial charge in [0.15, 0.2) is 0 Å². The number of hydrogen-bond acceptors (Lipinski definition) is 0. The molecule has 2 aromatic carbocycles. The summed E-state index contributed by atoms with van der Waals surface area (Å²) in [6.07, 6.45) is 11.3. The highest BCUT2D eigenvalue weighted by atomic mass is 14.1. The Kier molecular flexibility index (Phi) is 4.85. The van der Waals surface area contributed by atoms with Crippen molar-refractivity contribution in [1.29, 1.82) is 0 Å². The van der Waals surface area contributed by atoms with Crippen LogP contribution in [0.5, 0.6) is 0 Å². The van der Waals surface area contributed by atoms with Gasteiger partial charge in [-0.1, -0.05) is 92.3 Å². The molecule has 2 unspecified atom stereocenters. The average Bonchev–Trinajstić information content (AvgIpc) is 2.58. The molecule has 2 atom stereocenters. The van der Waals surface area contributed by atoms with E-state index >= 15 is 0 Å². The Labute approximate surface area is 146 Å². The number of allylic oxidation sites excluding steroid dienone is 6. The third-order valence-electron chi connectivity index (χ3n) is 5.02. The number of rotatable bonds is 2. The molecule has 0 N–H and O–H groups in total. The maximum Gasteiger partial charge on any atom is -0.0152 e. The van der Waals surface area contributed by atoms with Crippen LogP contribution in [-0.4, -0.2) is 0 Å². The van der Waals surface area contributed by atoms with Gasteiger partial charge < -0.3 is 0 Å². The highest BCUT2D eigenvalue weighted by Gasteiger charge is 2.08. The Hall–Kier alpha value is -2.34. The predicted octanol–water partition coefficient (Wildman–Crippen LogP) is 6.75. The fraction of sp³-hybridized carbons (Fsp3) is 0.250. The number of aryl methyl sites for hydroxylation is 2. The van der Waals surface area contributed by atoms with E-state index in [4.69, 9.17) is 0 Å². The predicted molar refractivity (Wildman–Crippen MR) is 106 cm³/mol. The fourth-order valence-electron chi connectivity index (χ4n) is 3.08. The summed E-state index contributed by atoms with van der Waals surface area (Å²) in [5.74, 6) is 1.16. The van der Waals surface area contributed by atoms with Gasteiger partial charge in [0.2, 0.25) is 0 Å². The number of hydrogen-bond donors (Lipinski definition) is 0. The Balaban J connectivity index is 1.92. The Morgan fingerprint density at radius 3 is 2.17 bits per heavy atom. The molecule has 0 saturated carbocycles. The van der Waals surface area contributed by atoms with Gasteiger partial charge in [0.25, 0.3) is 0 Å². The van der Waals surface area contributed by atoms with Crippen LogP contribution in [0.2, 0.25) is 0 Å². The van der Waals surface area contributed by atoms with Crippen LogP contribution < -0.4 is 0 Å². The second-order valence-corrected chi connectivity index (χ2v) is 6.98. The molecule has 0 nitrogen and oxygen atoms in total. The van der Waals surface area contributed by atoms with E-state index in [1.54, 1.807) is 0 Å². The summed E-state index contributed by atoms with van der Waals surface area (Å²) in [5, 5.41) is 0. The Bertz CT molecular complexity index is 800. The molecule has 0 amide bonds. The van der Waals surface area contributed by atoms with E-state index in [2.05, 4.69) is 101 Å². The molecule has 0 aliphatic heterocycles. The summed E-state index contributed by atoms with van der Waals surface area (Å²) in [5.41, 5.74) is 7.78. The van der Waals surface area contributed by atoms with Crippen LogP contribution in [0.3, 0.4) is 0 Å². The molecular weight excluding hydrogens is 288 g/mol. The molecule has 0 heteroatoms. The first-order valence-electron chi connectivity index (χ1n) is 8.79. The van der Waals surface area contributed by atoms with E-state index in [0.29, 0.717) is 11.8 Å². The van der Waals surface area contributed by atoms with Crippen LogP contribution >= 0.6 is 0 Å². The normalized spacial score (nSPS) is 25.2. The summed E-state index contributed by atoms with van der Waals surface area (Å²) in [6.45, 7) is 8.87. The lowest BCUT2D eigenvalue weighted by molar-refractivity contribution is 0.558. The van der Waals surface area contributed by atoms with Gasteiger partial charge in [-0.2, -0.15) is 0 Å². The van der Waals surface area contributed by atoms with Gasteiger partial charge in [0.1, 0.15) is 0 Å². The third kappa shape index (κ3) is 3.59. The molecule has 3 rings (SSSR count). The van der Waals surface area contributed by atoms with Crippen molar-refractivity contribution >= 4 is 5.57 Å². The van der Waals surface area contributed by atoms with Gasteiger partial charge in [-0.05, 0) is 53.5 Å². The summed E-state index contributed by atoms with van der Waals surface area (Å²) >= 11 is 0. The molecule has 122 valence electrons. The molecule has 1 aliphatic carbocycles. The van der Waals surface area contributed by atoms with Crippen LogP contribution in [0.15, 0.2) is 72.8 Å². The first kappa shape index (κ1) is 16.5. The minimum Gasteiger partial charge on any atom is -0.0811 e. The van der Waals surface area contributed by atoms with Gasteiger partial charge >= 0.3 is 0 Å². The molecule has 1 aliphatic rings. The highest BCUT2D eigenvalue weighted by molar-refractivity contribution is 5.78. The summed E-state index contributed by atoms with van der Waals surface area (Å²) in [7, 11) is 0. The van der Waals surface area contributed by atoms with Crippen LogP contribution in [0.1, 0.15) is 30.5 Å². The van der Waals surface area contributed by atoms with E-state index in [1.165, 1.54) is 33.4 Å². The van der Waals surface area contributed by atoms with Gasteiger partial charge in [-0.25, -0.2) is 0 Å². The van der Waals surface area contributed by atoms with Gasteiger partial charge in [-0.15, -0.1) is 0 Å². The van der Waals surface area contributed by atoms with Crippen LogP contribution in [0.25, 0.3) is 16.7 Å². The molecule has 24 heavy (non-hydrogen) atoms. The first-order chi connectivity index (χ1) is 11.5. The lowest BCUT2D eigenvalue weighted by Crippen LogP contribution is -2.02. The summed E-state index contributed by atoms with van der Waals surface area (Å²) in [4.78, 5) is 0. The van der Waals surface area contributed by atoms with Crippen molar-refractivity contribution in [3.8, 4) is 11.1 Å². The molecule has 0 bridgehead atoms. The number of benzene rings is 2. The summed E-state index contributed by atoms with van der Waals surface area (Å²) < 4.78 is 0. The van der Waals surface area contributed by atoms with Crippen molar-refractivity contribution in [3.63, 3.8) is 0 Å². The van der Waals surface area contributed by atoms with Gasteiger partial charge in [0, 0.05) is 0 Å². The van der Waals surface area contributed by atoms with E-state index in [0.717, 1.165) is 0 Å². The Morgan fingerprint density at radius 1 is 0.750 bits per heavy atom. The molecule has 0 radical (unpaired) electrons. The second-order valence-electron chi connectivity index (χ2n) is 6.98. The van der Waals surface area contributed by atoms with Crippen molar-refractivity contribution < 1.29 is 0 Å². The fourth-order valence-corrected chi connectivity index (χ4v) is 3.08. The lowest BCUT2D eigenvalue weighted by atomic mass is 9.91. The average molecular weight is 314 g/mol. The molecule has 0 fully saturated rings. The van der Waals surface area contributed by atoms with Crippen molar-refractivity contribution in [3.05, 3.63) is 89.5 Å². The minimum atomic E-state index is 0.569. The molecule has 0 aromatic heterocycles. The topological polar surface area (TPSA) is 0 Å². The first-order valence-corrected chi connectivity index (χ1v) is 8.79. The van der Waals surface area contributed by atoms with Gasteiger partial charge in [-0.3, -0.25) is 0 Å². The minimum absolute atomic E-state index is 0.569. The van der Waals surface area contributed by atoms with Crippen molar-refractivity contribution in [1.82, 2.24) is 0 Å². The second kappa shape index (κ2) is 7.05. The van der Waals surface area contributed by atoms with Gasteiger partial charge in [0.05, 0.1) is 0 Å². The van der Waals surface area contributed by atoms with Crippen molar-refractivity contribution in [2.24, 2.45) is 11.8 Å². The smallest absolute Gasteiger partial charge is 0.0152 e. The van der Waals surface area contributed by atoms with E-state index in [1.807, 2.05) is 0 Å². The Morgan fingerprint density at radius 2 is 1.42 bits per heavy atom. The molecular formula is C24H26. The summed E-state index contributed by atoms with van der Waals surface area (Å²) in [6, 6.07) is 15.6. The monoisotopic (exact) mass is 314 g/mol. The maximum atomic E-state index is 2.32. The van der Waals surface area contributed by atoms with Crippen LogP contribution in [-0.2, 0) is 0 Å². The van der Waals surface area contributed by atoms with Crippen molar-refractivity contribution in [2.45, 2.75) is 27.7 Å². The maximum absolute atomic E-state index is 2.32. The zero-order valence-electron chi connectivity index (χ0n) is 15.1. The lowest BCUT2D eigenvalue weighted by Gasteiger charge is -2.14. The quantitative estimate of drug-likeness (QED) is 0.575. The third-order valence-corrected chi connectivity index (χ3v) is 5.02. The van der Waals surface area contributed by atoms with E-state index < -0.39 is 0 Å². The molecule has 0 saturated heterocycles. The standard InChI is InChI=1S/C24H26/c1-17-8-9-20(4)24(16-17)23-14-12-22(13-15-23)21-7-5-6-18(2)19(3)10-11-21/h5-16,18-19H,1-4H3/b6-5-,11-10-,21-7+. The zero-order chi connectivity index (χ0) is 17.1. The largest absolute Gasteiger partial charge is 0.0811 e. The zero-order valence-corrected chi connectivity index (χ0v) is 15.1. The molecule has 0 spiro atoms. The molecule has 0 heterocycles. The highest BCUT2D eigenvalue weighted by Crippen LogP contribution is 2.28. The molecule has 2 aromatic rings. The van der Waals surface area contributed by atoms with Crippen LogP contribution in [0.4, 0.5) is 0 Å². The van der Waals surface area contributed by atoms with E-state index in [-0.39, 0.29) is 0 Å². The van der Waals surface area contributed by atoms with Crippen LogP contribution in [0, 0.1) is 25.7 Å². The van der Waals surface area contributed by atoms with Crippen molar-refractivity contribution in [2.75, 3.05) is 0 Å².